The van der Waals surface area contributed by atoms with E-state index in [9.17, 15) is 14.0 Å². The third kappa shape index (κ3) is 4.51. The largest absolute Gasteiger partial charge is 0.497 e. The summed E-state index contributed by atoms with van der Waals surface area (Å²) in [6.07, 6.45) is 1.40. The molecule has 2 amide bonds. The van der Waals surface area contributed by atoms with Crippen LogP contribution in [-0.4, -0.2) is 30.0 Å². The van der Waals surface area contributed by atoms with Gasteiger partial charge in [0.05, 0.1) is 19.9 Å². The minimum Gasteiger partial charge on any atom is -0.497 e. The Labute approximate surface area is 184 Å². The molecule has 0 bridgehead atoms. The standard InChI is InChI=1S/C25H21FN2O4/c1-31-20-12-8-17(9-13-20)15-28-24(29)22-5-3-2-4-21(22)23(25(28)30)14-27-32-16-18-6-10-19(26)11-7-18/h2-14,23H,15-16H2,1H3/b27-14+/t23-/m0/s1. The number of fused-ring (bicyclic) bond motifs is 1. The lowest BCUT2D eigenvalue weighted by Gasteiger charge is -2.30. The quantitative estimate of drug-likeness (QED) is 0.317. The number of amides is 2. The van der Waals surface area contributed by atoms with Crippen molar-refractivity contribution in [3.05, 3.63) is 101 Å². The fourth-order valence-corrected chi connectivity index (χ4v) is 3.51. The van der Waals surface area contributed by atoms with Crippen LogP contribution in [0.1, 0.15) is 33.0 Å². The topological polar surface area (TPSA) is 68.2 Å². The molecule has 0 N–H and O–H groups in total. The van der Waals surface area contributed by atoms with Crippen LogP contribution >= 0.6 is 0 Å². The van der Waals surface area contributed by atoms with Crippen LogP contribution < -0.4 is 4.74 Å². The minimum atomic E-state index is -0.754. The second-order valence-corrected chi connectivity index (χ2v) is 7.30. The van der Waals surface area contributed by atoms with Gasteiger partial charge in [-0.15, -0.1) is 0 Å². The van der Waals surface area contributed by atoms with E-state index >= 15 is 0 Å². The summed E-state index contributed by atoms with van der Waals surface area (Å²) >= 11 is 0. The van der Waals surface area contributed by atoms with Crippen LogP contribution in [-0.2, 0) is 22.8 Å². The molecule has 1 atom stereocenters. The zero-order valence-electron chi connectivity index (χ0n) is 17.4. The first-order valence-electron chi connectivity index (χ1n) is 10.0. The fourth-order valence-electron chi connectivity index (χ4n) is 3.51. The zero-order chi connectivity index (χ0) is 22.5. The molecule has 1 heterocycles. The van der Waals surface area contributed by atoms with Gasteiger partial charge in [-0.3, -0.25) is 14.5 Å². The van der Waals surface area contributed by atoms with Crippen molar-refractivity contribution in [2.75, 3.05) is 7.11 Å². The van der Waals surface area contributed by atoms with Crippen molar-refractivity contribution in [3.8, 4) is 5.75 Å². The normalized spacial score (nSPS) is 15.7. The molecule has 1 aliphatic rings. The Balaban J connectivity index is 1.53. The average Bonchev–Trinajstić information content (AvgIpc) is 2.83. The maximum Gasteiger partial charge on any atom is 0.261 e. The van der Waals surface area contributed by atoms with Crippen molar-refractivity contribution >= 4 is 18.0 Å². The van der Waals surface area contributed by atoms with Gasteiger partial charge in [0.1, 0.15) is 24.1 Å². The zero-order valence-corrected chi connectivity index (χ0v) is 17.4. The minimum absolute atomic E-state index is 0.133. The summed E-state index contributed by atoms with van der Waals surface area (Å²) in [7, 11) is 1.58. The molecule has 32 heavy (non-hydrogen) atoms. The molecule has 0 fully saturated rings. The monoisotopic (exact) mass is 432 g/mol. The average molecular weight is 432 g/mol. The van der Waals surface area contributed by atoms with E-state index in [-0.39, 0.29) is 30.8 Å². The number of oxime groups is 1. The molecule has 4 rings (SSSR count). The van der Waals surface area contributed by atoms with Crippen LogP contribution in [0.4, 0.5) is 4.39 Å². The van der Waals surface area contributed by atoms with E-state index in [4.69, 9.17) is 9.57 Å². The summed E-state index contributed by atoms with van der Waals surface area (Å²) in [5.41, 5.74) is 2.59. The molecular formula is C25H21FN2O4. The van der Waals surface area contributed by atoms with Crippen LogP contribution in [0.5, 0.6) is 5.75 Å². The Hall–Kier alpha value is -4.00. The maximum atomic E-state index is 13.2. The highest BCUT2D eigenvalue weighted by Crippen LogP contribution is 2.29. The van der Waals surface area contributed by atoms with Gasteiger partial charge in [0.2, 0.25) is 5.91 Å². The molecule has 0 radical (unpaired) electrons. The van der Waals surface area contributed by atoms with Crippen LogP contribution in [0, 0.1) is 5.82 Å². The molecule has 162 valence electrons. The van der Waals surface area contributed by atoms with Crippen LogP contribution in [0.15, 0.2) is 78.0 Å². The Morgan fingerprint density at radius 3 is 2.38 bits per heavy atom. The molecule has 0 saturated heterocycles. The molecule has 0 spiro atoms. The Morgan fingerprint density at radius 1 is 0.969 bits per heavy atom. The number of halogens is 1. The number of ether oxygens (including phenoxy) is 1. The molecule has 7 heteroatoms. The molecule has 0 unspecified atom stereocenters. The first-order valence-corrected chi connectivity index (χ1v) is 10.0. The van der Waals surface area contributed by atoms with E-state index in [0.717, 1.165) is 11.1 Å². The van der Waals surface area contributed by atoms with E-state index in [1.54, 1.807) is 55.6 Å². The Kier molecular flexibility index (Phi) is 6.26. The van der Waals surface area contributed by atoms with Gasteiger partial charge in [0.25, 0.3) is 5.91 Å². The summed E-state index contributed by atoms with van der Waals surface area (Å²) in [4.78, 5) is 32.8. The number of rotatable bonds is 7. The number of carbonyl (C=O) groups excluding carboxylic acids is 2. The highest BCUT2D eigenvalue weighted by Gasteiger charge is 2.37. The number of methoxy groups -OCH3 is 1. The Morgan fingerprint density at radius 2 is 1.66 bits per heavy atom. The Bertz CT molecular complexity index is 1140. The lowest BCUT2D eigenvalue weighted by Crippen LogP contribution is -2.44. The molecule has 3 aromatic rings. The first-order chi connectivity index (χ1) is 15.6. The fraction of sp³-hybridized carbons (Fsp3) is 0.160. The van der Waals surface area contributed by atoms with E-state index < -0.39 is 5.92 Å². The molecular weight excluding hydrogens is 411 g/mol. The number of imide groups is 1. The van der Waals surface area contributed by atoms with Gasteiger partial charge in [0.15, 0.2) is 0 Å². The molecule has 3 aromatic carbocycles. The summed E-state index contributed by atoms with van der Waals surface area (Å²) in [6, 6.07) is 20.0. The molecule has 6 nitrogen and oxygen atoms in total. The predicted octanol–water partition coefficient (Wildman–Crippen LogP) is 4.30. The lowest BCUT2D eigenvalue weighted by atomic mass is 9.89. The molecule has 0 saturated carbocycles. The van der Waals surface area contributed by atoms with Crippen LogP contribution in [0.3, 0.4) is 0 Å². The molecule has 0 aliphatic carbocycles. The van der Waals surface area contributed by atoms with Crippen LogP contribution in [0.25, 0.3) is 0 Å². The molecule has 0 aromatic heterocycles. The van der Waals surface area contributed by atoms with Gasteiger partial charge in [-0.1, -0.05) is 47.6 Å². The summed E-state index contributed by atoms with van der Waals surface area (Å²) < 4.78 is 18.2. The van der Waals surface area contributed by atoms with Gasteiger partial charge in [-0.25, -0.2) is 4.39 Å². The van der Waals surface area contributed by atoms with E-state index in [2.05, 4.69) is 5.16 Å². The van der Waals surface area contributed by atoms with E-state index in [1.165, 1.54) is 23.2 Å². The third-order valence-corrected chi connectivity index (χ3v) is 5.23. The lowest BCUT2D eigenvalue weighted by molar-refractivity contribution is -0.129. The van der Waals surface area contributed by atoms with Gasteiger partial charge >= 0.3 is 0 Å². The predicted molar refractivity (Wildman–Crippen MR) is 117 cm³/mol. The van der Waals surface area contributed by atoms with E-state index in [0.29, 0.717) is 16.9 Å². The van der Waals surface area contributed by atoms with Crippen molar-refractivity contribution in [2.45, 2.75) is 19.1 Å². The number of nitrogens with zero attached hydrogens (tertiary/aromatic N) is 2. The smallest absolute Gasteiger partial charge is 0.261 e. The number of carbonyl (C=O) groups is 2. The summed E-state index contributed by atoms with van der Waals surface area (Å²) in [5, 5.41) is 3.96. The third-order valence-electron chi connectivity index (χ3n) is 5.23. The summed E-state index contributed by atoms with van der Waals surface area (Å²) in [5.74, 6) is -1.12. The second kappa shape index (κ2) is 9.43. The first kappa shape index (κ1) is 21.2. The molecule has 1 aliphatic heterocycles. The SMILES string of the molecule is COc1ccc(CN2C(=O)c3ccccc3[C@H](/C=N/OCc3ccc(F)cc3)C2=O)cc1. The van der Waals surface area contributed by atoms with Crippen molar-refractivity contribution in [1.82, 2.24) is 4.90 Å². The van der Waals surface area contributed by atoms with E-state index in [1.807, 2.05) is 12.1 Å². The summed E-state index contributed by atoms with van der Waals surface area (Å²) in [6.45, 7) is 0.268. The van der Waals surface area contributed by atoms with Crippen LogP contribution in [0.2, 0.25) is 0 Å². The maximum absolute atomic E-state index is 13.2. The number of benzene rings is 3. The van der Waals surface area contributed by atoms with Gasteiger partial charge in [-0.05, 0) is 47.0 Å². The number of hydrogen-bond acceptors (Lipinski definition) is 5. The van der Waals surface area contributed by atoms with Crippen molar-refractivity contribution in [1.29, 1.82) is 0 Å². The van der Waals surface area contributed by atoms with Gasteiger partial charge in [0, 0.05) is 5.56 Å². The van der Waals surface area contributed by atoms with Gasteiger partial charge in [-0.2, -0.15) is 0 Å². The second-order valence-electron chi connectivity index (χ2n) is 7.30. The highest BCUT2D eigenvalue weighted by molar-refractivity contribution is 6.16. The van der Waals surface area contributed by atoms with Crippen molar-refractivity contribution in [2.24, 2.45) is 5.16 Å². The number of hydrogen-bond donors (Lipinski definition) is 0. The van der Waals surface area contributed by atoms with Gasteiger partial charge < -0.3 is 9.57 Å². The highest BCUT2D eigenvalue weighted by atomic mass is 19.1. The van der Waals surface area contributed by atoms with Crippen molar-refractivity contribution in [3.63, 3.8) is 0 Å². The van der Waals surface area contributed by atoms with Crippen molar-refractivity contribution < 1.29 is 23.6 Å².